The maximum Gasteiger partial charge on any atom is 0.243 e. The minimum absolute atomic E-state index is 0.0149. The van der Waals surface area contributed by atoms with Gasteiger partial charge in [0.15, 0.2) is 0 Å². The molecule has 2 aromatic rings. The maximum absolute atomic E-state index is 12.8. The van der Waals surface area contributed by atoms with Crippen LogP contribution in [0, 0.1) is 5.41 Å². The zero-order chi connectivity index (χ0) is 23.8. The van der Waals surface area contributed by atoms with Crippen molar-refractivity contribution in [1.82, 2.24) is 15.5 Å². The van der Waals surface area contributed by atoms with Gasteiger partial charge in [-0.05, 0) is 38.0 Å². The first-order valence-electron chi connectivity index (χ1n) is 10.8. The average molecular weight is 472 g/mol. The number of hydrogen-bond acceptors (Lipinski definition) is 6. The number of likely N-dealkylation sites (tertiary alicyclic amines) is 1. The van der Waals surface area contributed by atoms with Crippen molar-refractivity contribution in [2.45, 2.75) is 44.8 Å². The molecule has 1 aliphatic heterocycles. The molecule has 1 saturated heterocycles. The fourth-order valence-electron chi connectivity index (χ4n) is 3.70. The summed E-state index contributed by atoms with van der Waals surface area (Å²) in [5.74, 6) is -0.133. The Kier molecular flexibility index (Phi) is 8.42. The van der Waals surface area contributed by atoms with E-state index < -0.39 is 6.04 Å². The van der Waals surface area contributed by atoms with Gasteiger partial charge in [0, 0.05) is 21.9 Å². The molecule has 5 N–H and O–H groups in total. The van der Waals surface area contributed by atoms with Gasteiger partial charge in [-0.3, -0.25) is 19.8 Å². The summed E-state index contributed by atoms with van der Waals surface area (Å²) in [5.41, 5.74) is 6.10. The molecule has 0 aliphatic carbocycles. The first kappa shape index (κ1) is 24.2. The van der Waals surface area contributed by atoms with Crippen molar-refractivity contribution in [3.8, 4) is 5.75 Å². The topological polar surface area (TPSA) is 138 Å². The van der Waals surface area contributed by atoms with Gasteiger partial charge >= 0.3 is 0 Å². The molecule has 1 fully saturated rings. The molecule has 1 aromatic carbocycles. The van der Waals surface area contributed by atoms with Crippen molar-refractivity contribution < 1.29 is 19.1 Å². The minimum atomic E-state index is -0.571. The number of amidine groups is 1. The molecular formula is C23H29N5O4S. The third-order valence-electron chi connectivity index (χ3n) is 5.44. The highest BCUT2D eigenvalue weighted by Crippen LogP contribution is 2.24. The van der Waals surface area contributed by atoms with E-state index in [0.29, 0.717) is 24.3 Å². The lowest BCUT2D eigenvalue weighted by molar-refractivity contribution is -0.140. The predicted molar refractivity (Wildman–Crippen MR) is 126 cm³/mol. The molecule has 1 aromatic heterocycles. The van der Waals surface area contributed by atoms with Crippen LogP contribution < -0.4 is 21.1 Å². The molecule has 3 amide bonds. The van der Waals surface area contributed by atoms with Gasteiger partial charge in [0.25, 0.3) is 0 Å². The Bertz CT molecular complexity index is 994. The lowest BCUT2D eigenvalue weighted by Gasteiger charge is -2.28. The van der Waals surface area contributed by atoms with Crippen LogP contribution in [0.3, 0.4) is 0 Å². The zero-order valence-corrected chi connectivity index (χ0v) is 19.3. The molecule has 0 bridgehead atoms. The van der Waals surface area contributed by atoms with E-state index in [1.165, 1.54) is 11.3 Å². The largest absolute Gasteiger partial charge is 0.493 e. The van der Waals surface area contributed by atoms with E-state index in [4.69, 9.17) is 15.9 Å². The van der Waals surface area contributed by atoms with Crippen LogP contribution in [-0.2, 0) is 20.9 Å². The van der Waals surface area contributed by atoms with Gasteiger partial charge in [-0.2, -0.15) is 0 Å². The number of nitrogens with one attached hydrogen (secondary N) is 3. The number of nitrogens with two attached hydrogens (primary N) is 1. The lowest BCUT2D eigenvalue weighted by Crippen LogP contribution is -2.51. The summed E-state index contributed by atoms with van der Waals surface area (Å²) < 4.78 is 5.50. The lowest BCUT2D eigenvalue weighted by atomic mass is 10.2. The molecule has 1 aliphatic rings. The minimum Gasteiger partial charge on any atom is -0.493 e. The fraction of sp³-hybridized carbons (Fsp3) is 0.391. The van der Waals surface area contributed by atoms with E-state index in [0.717, 1.165) is 11.3 Å². The second-order valence-corrected chi connectivity index (χ2v) is 8.86. The summed E-state index contributed by atoms with van der Waals surface area (Å²) in [6.07, 6.45) is 1.42. The Morgan fingerprint density at radius 2 is 1.97 bits per heavy atom. The number of rotatable bonds is 10. The maximum atomic E-state index is 12.8. The first-order chi connectivity index (χ1) is 15.8. The fourth-order valence-corrected chi connectivity index (χ4v) is 4.52. The van der Waals surface area contributed by atoms with E-state index in [1.54, 1.807) is 16.3 Å². The van der Waals surface area contributed by atoms with Crippen molar-refractivity contribution in [3.63, 3.8) is 0 Å². The van der Waals surface area contributed by atoms with Crippen LogP contribution in [0.1, 0.15) is 36.6 Å². The SMILES string of the molecule is CC1CCC(C(=O)NCc2cc(C(=N)N)cs2)N1C(=O)CNC(=O)CCOc1ccccc1. The second kappa shape index (κ2) is 11.5. The van der Waals surface area contributed by atoms with Crippen molar-refractivity contribution in [2.24, 2.45) is 5.73 Å². The van der Waals surface area contributed by atoms with Crippen molar-refractivity contribution in [3.05, 3.63) is 52.2 Å². The van der Waals surface area contributed by atoms with Crippen LogP contribution >= 0.6 is 11.3 Å². The van der Waals surface area contributed by atoms with E-state index in [-0.39, 0.29) is 49.2 Å². The van der Waals surface area contributed by atoms with Gasteiger partial charge in [0.05, 0.1) is 26.1 Å². The summed E-state index contributed by atoms with van der Waals surface area (Å²) in [5, 5.41) is 14.7. The molecule has 10 heteroatoms. The van der Waals surface area contributed by atoms with Gasteiger partial charge in [0.1, 0.15) is 17.6 Å². The standard InChI is InChI=1S/C23H29N5O4S/c1-15-7-8-19(23(31)27-12-18-11-16(14-33-18)22(24)25)28(15)21(30)13-26-20(29)9-10-32-17-5-3-2-4-6-17/h2-6,11,14-15,19H,7-10,12-13H2,1H3,(H3,24,25)(H,26,29)(H,27,31). The Labute approximate surface area is 196 Å². The molecule has 3 rings (SSSR count). The molecule has 2 heterocycles. The third kappa shape index (κ3) is 6.79. The van der Waals surface area contributed by atoms with E-state index in [9.17, 15) is 14.4 Å². The van der Waals surface area contributed by atoms with Gasteiger partial charge in [-0.15, -0.1) is 11.3 Å². The van der Waals surface area contributed by atoms with Crippen molar-refractivity contribution in [1.29, 1.82) is 5.41 Å². The van der Waals surface area contributed by atoms with Crippen LogP contribution in [0.5, 0.6) is 5.75 Å². The van der Waals surface area contributed by atoms with Gasteiger partial charge in [-0.1, -0.05) is 18.2 Å². The Morgan fingerprint density at radius 3 is 2.67 bits per heavy atom. The smallest absolute Gasteiger partial charge is 0.243 e. The van der Waals surface area contributed by atoms with Gasteiger partial charge in [-0.25, -0.2) is 0 Å². The molecule has 9 nitrogen and oxygen atoms in total. The van der Waals surface area contributed by atoms with E-state index in [2.05, 4.69) is 10.6 Å². The Hall–Kier alpha value is -3.40. The summed E-state index contributed by atoms with van der Waals surface area (Å²) in [7, 11) is 0. The summed E-state index contributed by atoms with van der Waals surface area (Å²) in [6.45, 7) is 2.26. The van der Waals surface area contributed by atoms with Crippen LogP contribution in [0.15, 0.2) is 41.8 Å². The number of carbonyl (C=O) groups excluding carboxylic acids is 3. The molecule has 0 spiro atoms. The van der Waals surface area contributed by atoms with Crippen LogP contribution in [0.2, 0.25) is 0 Å². The van der Waals surface area contributed by atoms with Crippen LogP contribution in [-0.4, -0.2) is 53.7 Å². The summed E-state index contributed by atoms with van der Waals surface area (Å²) in [4.78, 5) is 40.1. The summed E-state index contributed by atoms with van der Waals surface area (Å²) >= 11 is 1.41. The number of carbonyl (C=O) groups is 3. The number of thiophene rings is 1. The summed E-state index contributed by atoms with van der Waals surface area (Å²) in [6, 6.07) is 10.3. The highest BCUT2D eigenvalue weighted by atomic mass is 32.1. The number of amides is 3. The monoisotopic (exact) mass is 471 g/mol. The second-order valence-electron chi connectivity index (χ2n) is 7.86. The Morgan fingerprint density at radius 1 is 1.21 bits per heavy atom. The molecule has 33 heavy (non-hydrogen) atoms. The van der Waals surface area contributed by atoms with Crippen LogP contribution in [0.25, 0.3) is 0 Å². The molecule has 176 valence electrons. The quantitative estimate of drug-likeness (QED) is 0.308. The Balaban J connectivity index is 1.44. The molecule has 2 atom stereocenters. The number of nitrogens with zero attached hydrogens (tertiary/aromatic N) is 1. The number of ether oxygens (including phenoxy) is 1. The van der Waals surface area contributed by atoms with Crippen molar-refractivity contribution in [2.75, 3.05) is 13.2 Å². The van der Waals surface area contributed by atoms with E-state index in [1.807, 2.05) is 37.3 Å². The van der Waals surface area contributed by atoms with E-state index >= 15 is 0 Å². The third-order valence-corrected chi connectivity index (χ3v) is 6.38. The van der Waals surface area contributed by atoms with Gasteiger partial charge in [0.2, 0.25) is 17.7 Å². The first-order valence-corrected chi connectivity index (χ1v) is 11.7. The van der Waals surface area contributed by atoms with Gasteiger partial charge < -0.3 is 26.0 Å². The average Bonchev–Trinajstić information content (AvgIpc) is 3.43. The normalized spacial score (nSPS) is 17.4. The zero-order valence-electron chi connectivity index (χ0n) is 18.5. The number of hydrogen-bond donors (Lipinski definition) is 4. The van der Waals surface area contributed by atoms with Crippen LogP contribution in [0.4, 0.5) is 0 Å². The highest BCUT2D eigenvalue weighted by molar-refractivity contribution is 7.10. The number of nitrogen functional groups attached to an aromatic ring is 1. The number of benzene rings is 1. The molecular weight excluding hydrogens is 442 g/mol. The number of para-hydroxylation sites is 1. The molecule has 0 radical (unpaired) electrons. The predicted octanol–water partition coefficient (Wildman–Crippen LogP) is 1.61. The highest BCUT2D eigenvalue weighted by Gasteiger charge is 2.38. The van der Waals surface area contributed by atoms with Crippen molar-refractivity contribution >= 4 is 34.9 Å². The molecule has 0 saturated carbocycles. The molecule has 2 unspecified atom stereocenters.